The Morgan fingerprint density at radius 1 is 1.42 bits per heavy atom. The average molecular weight is 174 g/mol. The fourth-order valence-electron chi connectivity index (χ4n) is 0.857. The van der Waals surface area contributed by atoms with E-state index < -0.39 is 23.2 Å². The molecule has 0 atom stereocenters. The summed E-state index contributed by atoms with van der Waals surface area (Å²) in [5.41, 5.74) is -1.12. The minimum atomic E-state index is -1.12. The molecule has 6 nitrogen and oxygen atoms in total. The number of hydrogen-bond donors (Lipinski definition) is 4. The number of nitrogens with zero attached hydrogens (tertiary/aromatic N) is 1. The molecule has 0 bridgehead atoms. The summed E-state index contributed by atoms with van der Waals surface area (Å²) < 4.78 is 0. The van der Waals surface area contributed by atoms with Gasteiger partial charge in [0.2, 0.25) is 5.76 Å². The molecule has 68 valence electrons. The molecule has 4 N–H and O–H groups in total. The van der Waals surface area contributed by atoms with Gasteiger partial charge in [0, 0.05) is 0 Å². The molecule has 0 unspecified atom stereocenters. The fourth-order valence-corrected chi connectivity index (χ4v) is 0.857. The Hall–Kier alpha value is -1.43. The minimum absolute atomic E-state index is 0.379. The van der Waals surface area contributed by atoms with Gasteiger partial charge in [0.1, 0.15) is 5.66 Å². The van der Waals surface area contributed by atoms with Crippen LogP contribution in [0.4, 0.5) is 0 Å². The lowest BCUT2D eigenvalue weighted by molar-refractivity contribution is -0.187. The van der Waals surface area contributed by atoms with E-state index in [-0.39, 0.29) is 0 Å². The van der Waals surface area contributed by atoms with Crippen LogP contribution >= 0.6 is 0 Å². The van der Waals surface area contributed by atoms with Gasteiger partial charge in [-0.25, -0.2) is 0 Å². The lowest BCUT2D eigenvalue weighted by Crippen LogP contribution is -2.59. The lowest BCUT2D eigenvalue weighted by atomic mass is 10.2. The highest BCUT2D eigenvalue weighted by Crippen LogP contribution is 2.19. The van der Waals surface area contributed by atoms with Gasteiger partial charge in [0.15, 0.2) is 0 Å². The molecule has 1 aliphatic rings. The highest BCUT2D eigenvalue weighted by atomic mass is 16.5. The topological polar surface area (TPSA) is 93.0 Å². The molecule has 0 spiro atoms. The Morgan fingerprint density at radius 3 is 2.42 bits per heavy atom. The summed E-state index contributed by atoms with van der Waals surface area (Å²) in [5.74, 6) is -2.55. The van der Waals surface area contributed by atoms with Crippen molar-refractivity contribution in [2.75, 3.05) is 0 Å². The van der Waals surface area contributed by atoms with Crippen LogP contribution < -0.4 is 5.32 Å². The summed E-state index contributed by atoms with van der Waals surface area (Å²) in [5, 5.41) is 29.6. The molecule has 1 heterocycles. The van der Waals surface area contributed by atoms with Gasteiger partial charge in [-0.1, -0.05) is 0 Å². The molecular formula is C6H10N2O4. The zero-order valence-corrected chi connectivity index (χ0v) is 6.70. The summed E-state index contributed by atoms with van der Waals surface area (Å²) >= 11 is 0. The molecule has 0 aliphatic carbocycles. The quantitative estimate of drug-likeness (QED) is 0.409. The van der Waals surface area contributed by atoms with Gasteiger partial charge in [-0.15, -0.1) is 0 Å². The van der Waals surface area contributed by atoms with E-state index in [1.54, 1.807) is 0 Å². The van der Waals surface area contributed by atoms with Crippen LogP contribution in [0.1, 0.15) is 13.8 Å². The van der Waals surface area contributed by atoms with E-state index in [9.17, 15) is 4.79 Å². The molecule has 1 aliphatic heterocycles. The van der Waals surface area contributed by atoms with Crippen LogP contribution in [-0.4, -0.2) is 32.1 Å². The van der Waals surface area contributed by atoms with Crippen LogP contribution in [0.5, 0.6) is 0 Å². The van der Waals surface area contributed by atoms with Crippen molar-refractivity contribution in [3.05, 3.63) is 11.6 Å². The Kier molecular flexibility index (Phi) is 1.64. The maximum atomic E-state index is 10.8. The van der Waals surface area contributed by atoms with Crippen molar-refractivity contribution in [3.63, 3.8) is 0 Å². The first-order chi connectivity index (χ1) is 5.36. The number of hydrogen-bond acceptors (Lipinski definition) is 5. The maximum absolute atomic E-state index is 10.8. The van der Waals surface area contributed by atoms with E-state index in [0.29, 0.717) is 5.06 Å². The third kappa shape index (κ3) is 1.06. The number of rotatable bonds is 0. The van der Waals surface area contributed by atoms with E-state index in [1.165, 1.54) is 13.8 Å². The van der Waals surface area contributed by atoms with Gasteiger partial charge in [-0.2, -0.15) is 5.06 Å². The van der Waals surface area contributed by atoms with Crippen molar-refractivity contribution in [2.45, 2.75) is 19.5 Å². The summed E-state index contributed by atoms with van der Waals surface area (Å²) in [7, 11) is 0. The first kappa shape index (κ1) is 8.66. The van der Waals surface area contributed by atoms with Gasteiger partial charge >= 0.3 is 0 Å². The molecule has 0 aromatic heterocycles. The van der Waals surface area contributed by atoms with Crippen LogP contribution in [0.2, 0.25) is 0 Å². The van der Waals surface area contributed by atoms with E-state index in [4.69, 9.17) is 15.4 Å². The normalized spacial score (nSPS) is 22.6. The van der Waals surface area contributed by atoms with E-state index >= 15 is 0 Å². The standard InChI is InChI=1S/C6H10N2O4/c1-6(2)7-4(10)3(9)5(11)8(6)12/h9,11-12H,1-2H3,(H,7,10). The molecule has 1 amide bonds. The smallest absolute Gasteiger partial charge is 0.293 e. The molecular weight excluding hydrogens is 164 g/mol. The summed E-state index contributed by atoms with van der Waals surface area (Å²) in [6.45, 7) is 2.93. The van der Waals surface area contributed by atoms with Gasteiger partial charge in [-0.05, 0) is 13.8 Å². The predicted molar refractivity (Wildman–Crippen MR) is 38.1 cm³/mol. The summed E-state index contributed by atoms with van der Waals surface area (Å²) in [6.07, 6.45) is 0. The van der Waals surface area contributed by atoms with E-state index in [1.807, 2.05) is 0 Å². The van der Waals surface area contributed by atoms with E-state index in [0.717, 1.165) is 0 Å². The van der Waals surface area contributed by atoms with Crippen LogP contribution in [-0.2, 0) is 4.79 Å². The molecule has 6 heteroatoms. The zero-order valence-electron chi connectivity index (χ0n) is 6.70. The third-order valence-corrected chi connectivity index (χ3v) is 1.58. The van der Waals surface area contributed by atoms with Crippen molar-refractivity contribution >= 4 is 5.91 Å². The molecule has 0 saturated carbocycles. The monoisotopic (exact) mass is 174 g/mol. The van der Waals surface area contributed by atoms with Gasteiger partial charge < -0.3 is 15.5 Å². The molecule has 0 radical (unpaired) electrons. The van der Waals surface area contributed by atoms with Gasteiger partial charge in [0.25, 0.3) is 11.8 Å². The number of aliphatic hydroxyl groups excluding tert-OH is 2. The first-order valence-corrected chi connectivity index (χ1v) is 3.30. The second-order valence-electron chi connectivity index (χ2n) is 3.00. The van der Waals surface area contributed by atoms with Crippen molar-refractivity contribution in [1.82, 2.24) is 10.4 Å². The number of carbonyl (C=O) groups excluding carboxylic acids is 1. The van der Waals surface area contributed by atoms with Crippen LogP contribution in [0.25, 0.3) is 0 Å². The minimum Gasteiger partial charge on any atom is -0.499 e. The Morgan fingerprint density at radius 2 is 1.92 bits per heavy atom. The number of aliphatic hydroxyl groups is 2. The predicted octanol–water partition coefficient (Wildman–Crippen LogP) is -0.171. The molecule has 1 rings (SSSR count). The number of hydroxylamine groups is 2. The van der Waals surface area contributed by atoms with E-state index in [2.05, 4.69) is 5.32 Å². The number of amides is 1. The fraction of sp³-hybridized carbons (Fsp3) is 0.500. The van der Waals surface area contributed by atoms with Crippen LogP contribution in [0.3, 0.4) is 0 Å². The van der Waals surface area contributed by atoms with Crippen molar-refractivity contribution in [2.24, 2.45) is 0 Å². The van der Waals surface area contributed by atoms with Crippen LogP contribution in [0.15, 0.2) is 11.6 Å². The third-order valence-electron chi connectivity index (χ3n) is 1.58. The second kappa shape index (κ2) is 2.28. The molecule has 0 fully saturated rings. The highest BCUT2D eigenvalue weighted by Gasteiger charge is 2.38. The molecule has 0 aromatic carbocycles. The maximum Gasteiger partial charge on any atom is 0.293 e. The summed E-state index contributed by atoms with van der Waals surface area (Å²) in [6, 6.07) is 0. The molecule has 12 heavy (non-hydrogen) atoms. The van der Waals surface area contributed by atoms with Gasteiger partial charge in [-0.3, -0.25) is 10.0 Å². The molecule has 0 saturated heterocycles. The van der Waals surface area contributed by atoms with Crippen LogP contribution in [0, 0.1) is 0 Å². The lowest BCUT2D eigenvalue weighted by Gasteiger charge is -2.37. The van der Waals surface area contributed by atoms with Crippen molar-refractivity contribution in [3.8, 4) is 0 Å². The SMILES string of the molecule is CC1(C)NC(=O)C(O)=C(O)N1O. The zero-order chi connectivity index (χ0) is 9.52. The Bertz CT molecular complexity index is 258. The first-order valence-electron chi connectivity index (χ1n) is 3.30. The van der Waals surface area contributed by atoms with Gasteiger partial charge in [0.05, 0.1) is 0 Å². The average Bonchev–Trinajstić information content (AvgIpc) is 1.97. The number of nitrogens with one attached hydrogen (secondary N) is 1. The largest absolute Gasteiger partial charge is 0.499 e. The van der Waals surface area contributed by atoms with Crippen molar-refractivity contribution in [1.29, 1.82) is 0 Å². The Balaban J connectivity index is 3.10. The second-order valence-corrected chi connectivity index (χ2v) is 3.00. The highest BCUT2D eigenvalue weighted by molar-refractivity contribution is 5.92. The Labute approximate surface area is 68.7 Å². The number of carbonyl (C=O) groups is 1. The summed E-state index contributed by atoms with van der Waals surface area (Å²) in [4.78, 5) is 10.8. The molecule has 0 aromatic rings. The van der Waals surface area contributed by atoms with Crippen molar-refractivity contribution < 1.29 is 20.2 Å².